The first-order valence-electron chi connectivity index (χ1n) is 33.3. The Labute approximate surface area is 462 Å². The molecule has 0 amide bonds. The molecule has 0 aromatic rings. The fourth-order valence-corrected chi connectivity index (χ4v) is 10.2. The highest BCUT2D eigenvalue weighted by molar-refractivity contribution is 5.71. The highest BCUT2D eigenvalue weighted by atomic mass is 16.6. The number of allylic oxidation sites excluding steroid dienone is 4. The lowest BCUT2D eigenvalue weighted by atomic mass is 10.0. The Morgan fingerprint density at radius 2 is 0.486 bits per heavy atom. The lowest BCUT2D eigenvalue weighted by molar-refractivity contribution is -0.167. The average Bonchev–Trinajstić information content (AvgIpc) is 3.40. The number of carbonyl (C=O) groups is 3. The Bertz CT molecular complexity index is 1190. The van der Waals surface area contributed by atoms with Crippen LogP contribution in [0.25, 0.3) is 0 Å². The zero-order valence-electron chi connectivity index (χ0n) is 50.1. The molecule has 436 valence electrons. The third-order valence-electron chi connectivity index (χ3n) is 15.2. The van der Waals surface area contributed by atoms with Crippen molar-refractivity contribution in [3.05, 3.63) is 24.3 Å². The first kappa shape index (κ1) is 71.9. The molecule has 6 nitrogen and oxygen atoms in total. The van der Waals surface area contributed by atoms with Crippen molar-refractivity contribution in [2.75, 3.05) is 13.2 Å². The van der Waals surface area contributed by atoms with Crippen molar-refractivity contribution in [1.82, 2.24) is 0 Å². The summed E-state index contributed by atoms with van der Waals surface area (Å²) in [5.41, 5.74) is 0. The Morgan fingerprint density at radius 1 is 0.270 bits per heavy atom. The van der Waals surface area contributed by atoms with E-state index in [0.29, 0.717) is 19.3 Å². The van der Waals surface area contributed by atoms with E-state index in [9.17, 15) is 14.4 Å². The predicted molar refractivity (Wildman–Crippen MR) is 321 cm³/mol. The summed E-state index contributed by atoms with van der Waals surface area (Å²) < 4.78 is 17.0. The number of rotatable bonds is 62. The van der Waals surface area contributed by atoms with Crippen LogP contribution < -0.4 is 0 Å². The second kappa shape index (κ2) is 63.4. The summed E-state index contributed by atoms with van der Waals surface area (Å²) in [6, 6.07) is 0. The number of hydrogen-bond acceptors (Lipinski definition) is 6. The van der Waals surface area contributed by atoms with Gasteiger partial charge in [0.1, 0.15) is 13.2 Å². The van der Waals surface area contributed by atoms with E-state index >= 15 is 0 Å². The third-order valence-corrected chi connectivity index (χ3v) is 15.2. The van der Waals surface area contributed by atoms with Crippen LogP contribution in [-0.2, 0) is 28.6 Å². The van der Waals surface area contributed by atoms with Crippen LogP contribution in [0.3, 0.4) is 0 Å². The van der Waals surface area contributed by atoms with Crippen molar-refractivity contribution in [1.29, 1.82) is 0 Å². The summed E-state index contributed by atoms with van der Waals surface area (Å²) in [6.07, 6.45) is 76.2. The van der Waals surface area contributed by atoms with E-state index in [0.717, 1.165) is 64.2 Å². The van der Waals surface area contributed by atoms with E-state index in [1.807, 2.05) is 0 Å². The maximum atomic E-state index is 12.9. The van der Waals surface area contributed by atoms with E-state index in [2.05, 4.69) is 45.1 Å². The zero-order valence-corrected chi connectivity index (χ0v) is 50.1. The van der Waals surface area contributed by atoms with Crippen molar-refractivity contribution in [3.8, 4) is 0 Å². The normalized spacial score (nSPS) is 12.1. The van der Waals surface area contributed by atoms with Crippen molar-refractivity contribution < 1.29 is 28.6 Å². The van der Waals surface area contributed by atoms with Gasteiger partial charge in [0.15, 0.2) is 6.10 Å². The van der Waals surface area contributed by atoms with Gasteiger partial charge in [0.2, 0.25) is 0 Å². The SMILES string of the molecule is CCCCCCC/C=C\C/C=C\CCCCCCCCCCCCCCCC(=O)OCC(COC(=O)CCCCCCCCCCCCCC)OC(=O)CCCCCCCCCCCCCCCCCCCCC. The molecule has 0 spiro atoms. The second-order valence-corrected chi connectivity index (χ2v) is 22.7. The molecule has 0 aromatic carbocycles. The van der Waals surface area contributed by atoms with E-state index in [4.69, 9.17) is 14.2 Å². The van der Waals surface area contributed by atoms with Crippen LogP contribution >= 0.6 is 0 Å². The summed E-state index contributed by atoms with van der Waals surface area (Å²) in [6.45, 7) is 6.70. The Balaban J connectivity index is 4.21. The first-order chi connectivity index (χ1) is 36.5. The maximum absolute atomic E-state index is 12.9. The minimum absolute atomic E-state index is 0.0645. The quantitative estimate of drug-likeness (QED) is 0.0261. The largest absolute Gasteiger partial charge is 0.462 e. The van der Waals surface area contributed by atoms with E-state index in [1.54, 1.807) is 0 Å². The summed E-state index contributed by atoms with van der Waals surface area (Å²) in [7, 11) is 0. The van der Waals surface area contributed by atoms with Crippen LogP contribution in [0.15, 0.2) is 24.3 Å². The average molecular weight is 1040 g/mol. The van der Waals surface area contributed by atoms with Crippen LogP contribution in [0.2, 0.25) is 0 Å². The fourth-order valence-electron chi connectivity index (χ4n) is 10.2. The highest BCUT2D eigenvalue weighted by Crippen LogP contribution is 2.18. The highest BCUT2D eigenvalue weighted by Gasteiger charge is 2.19. The topological polar surface area (TPSA) is 78.9 Å². The second-order valence-electron chi connectivity index (χ2n) is 22.7. The Morgan fingerprint density at radius 3 is 0.743 bits per heavy atom. The van der Waals surface area contributed by atoms with Gasteiger partial charge in [-0.1, -0.05) is 328 Å². The molecular formula is C68H128O6. The van der Waals surface area contributed by atoms with Gasteiger partial charge in [-0.2, -0.15) is 0 Å². The molecule has 0 N–H and O–H groups in total. The molecule has 6 heteroatoms. The smallest absolute Gasteiger partial charge is 0.306 e. The first-order valence-corrected chi connectivity index (χ1v) is 33.3. The van der Waals surface area contributed by atoms with Gasteiger partial charge >= 0.3 is 17.9 Å². The molecule has 0 radical (unpaired) electrons. The maximum Gasteiger partial charge on any atom is 0.306 e. The molecule has 0 heterocycles. The third kappa shape index (κ3) is 60.8. The van der Waals surface area contributed by atoms with E-state index < -0.39 is 6.10 Å². The molecule has 0 aliphatic carbocycles. The minimum Gasteiger partial charge on any atom is -0.462 e. The van der Waals surface area contributed by atoms with Crippen LogP contribution in [0.4, 0.5) is 0 Å². The minimum atomic E-state index is -0.766. The Kier molecular flexibility index (Phi) is 61.6. The van der Waals surface area contributed by atoms with Gasteiger partial charge in [0.05, 0.1) is 0 Å². The van der Waals surface area contributed by atoms with Gasteiger partial charge in [-0.25, -0.2) is 0 Å². The molecule has 0 bridgehead atoms. The summed E-state index contributed by atoms with van der Waals surface area (Å²) in [5, 5.41) is 0. The van der Waals surface area contributed by atoms with Gasteiger partial charge in [-0.05, 0) is 51.4 Å². The molecule has 0 saturated heterocycles. The molecule has 0 fully saturated rings. The van der Waals surface area contributed by atoms with Gasteiger partial charge in [-0.15, -0.1) is 0 Å². The molecule has 0 aliphatic rings. The molecule has 1 unspecified atom stereocenters. The molecular weight excluding hydrogens is 913 g/mol. The molecule has 0 aromatic heterocycles. The van der Waals surface area contributed by atoms with Crippen LogP contribution in [0.1, 0.15) is 374 Å². The lowest BCUT2D eigenvalue weighted by Gasteiger charge is -2.18. The van der Waals surface area contributed by atoms with Crippen LogP contribution in [0, 0.1) is 0 Å². The van der Waals surface area contributed by atoms with Gasteiger partial charge in [-0.3, -0.25) is 14.4 Å². The number of esters is 3. The van der Waals surface area contributed by atoms with Crippen molar-refractivity contribution in [3.63, 3.8) is 0 Å². The number of ether oxygens (including phenoxy) is 3. The van der Waals surface area contributed by atoms with E-state index in [-0.39, 0.29) is 31.1 Å². The summed E-state index contributed by atoms with van der Waals surface area (Å²) in [4.78, 5) is 38.3. The molecule has 1 atom stereocenters. The summed E-state index contributed by atoms with van der Waals surface area (Å²) in [5.74, 6) is -0.836. The fraction of sp³-hybridized carbons (Fsp3) is 0.897. The van der Waals surface area contributed by atoms with E-state index in [1.165, 1.54) is 270 Å². The predicted octanol–water partition coefficient (Wildman–Crippen LogP) is 22.6. The molecule has 0 saturated carbocycles. The molecule has 0 aliphatic heterocycles. The molecule has 0 rings (SSSR count). The lowest BCUT2D eigenvalue weighted by Crippen LogP contribution is -2.30. The standard InChI is InChI=1S/C68H128O6/c1-4-7-10-13-16-19-22-25-27-29-31-32-33-34-35-36-38-39-41-43-46-49-52-55-58-61-67(70)73-64-65(63-72-66(69)60-57-54-51-48-45-24-21-18-15-12-9-6-3)74-68(71)62-59-56-53-50-47-44-42-40-37-30-28-26-23-20-17-14-11-8-5-2/h22,25,29,31,65H,4-21,23-24,26-28,30,32-64H2,1-3H3/b25-22-,31-29-. The van der Waals surface area contributed by atoms with Crippen molar-refractivity contribution in [2.45, 2.75) is 380 Å². The zero-order chi connectivity index (χ0) is 53.6. The van der Waals surface area contributed by atoms with Crippen molar-refractivity contribution >= 4 is 17.9 Å². The monoisotopic (exact) mass is 1040 g/mol. The molecule has 74 heavy (non-hydrogen) atoms. The van der Waals surface area contributed by atoms with Crippen LogP contribution in [0.5, 0.6) is 0 Å². The van der Waals surface area contributed by atoms with Crippen molar-refractivity contribution in [2.24, 2.45) is 0 Å². The number of carbonyl (C=O) groups excluding carboxylic acids is 3. The van der Waals surface area contributed by atoms with Gasteiger partial charge < -0.3 is 14.2 Å². The Hall–Kier alpha value is -2.11. The van der Waals surface area contributed by atoms with Crippen LogP contribution in [-0.4, -0.2) is 37.2 Å². The van der Waals surface area contributed by atoms with Gasteiger partial charge in [0, 0.05) is 19.3 Å². The van der Waals surface area contributed by atoms with Gasteiger partial charge in [0.25, 0.3) is 0 Å². The summed E-state index contributed by atoms with van der Waals surface area (Å²) >= 11 is 0. The number of unbranched alkanes of at least 4 members (excludes halogenated alkanes) is 47. The number of hydrogen-bond donors (Lipinski definition) is 0.